The number of carbonyl (C=O) groups is 1. The molecule has 1 aromatic rings. The van der Waals surface area contributed by atoms with Crippen LogP contribution in [0.3, 0.4) is 0 Å². The zero-order valence-electron chi connectivity index (χ0n) is 8.57. The molecule has 1 atom stereocenters. The molecule has 0 saturated carbocycles. The van der Waals surface area contributed by atoms with Gasteiger partial charge in [0.2, 0.25) is 5.91 Å². The second-order valence-electron chi connectivity index (χ2n) is 4.25. The van der Waals surface area contributed by atoms with Crippen molar-refractivity contribution in [3.63, 3.8) is 0 Å². The van der Waals surface area contributed by atoms with E-state index in [9.17, 15) is 4.79 Å². The molecule has 0 radical (unpaired) electrons. The molecule has 1 heterocycles. The van der Waals surface area contributed by atoms with Crippen molar-refractivity contribution < 1.29 is 9.32 Å². The van der Waals surface area contributed by atoms with E-state index in [0.29, 0.717) is 5.69 Å². The zero-order chi connectivity index (χ0) is 10.8. The summed E-state index contributed by atoms with van der Waals surface area (Å²) in [4.78, 5) is 11.6. The van der Waals surface area contributed by atoms with Crippen LogP contribution < -0.4 is 11.1 Å². The topological polar surface area (TPSA) is 81.2 Å². The molecule has 78 valence electrons. The fourth-order valence-corrected chi connectivity index (χ4v) is 0.880. The van der Waals surface area contributed by atoms with Gasteiger partial charge < -0.3 is 15.6 Å². The van der Waals surface area contributed by atoms with Crippen molar-refractivity contribution in [2.45, 2.75) is 26.8 Å². The van der Waals surface area contributed by atoms with Crippen LogP contribution in [0.4, 0.5) is 5.69 Å². The lowest BCUT2D eigenvalue weighted by atomic mass is 9.87. The summed E-state index contributed by atoms with van der Waals surface area (Å²) < 4.78 is 4.58. The Kier molecular flexibility index (Phi) is 2.90. The summed E-state index contributed by atoms with van der Waals surface area (Å²) in [5.41, 5.74) is 6.01. The van der Waals surface area contributed by atoms with Gasteiger partial charge in [-0.15, -0.1) is 0 Å². The van der Waals surface area contributed by atoms with E-state index in [-0.39, 0.29) is 11.3 Å². The van der Waals surface area contributed by atoms with Gasteiger partial charge in [0.25, 0.3) is 0 Å². The van der Waals surface area contributed by atoms with Crippen molar-refractivity contribution in [3.8, 4) is 0 Å². The van der Waals surface area contributed by atoms with Gasteiger partial charge in [-0.2, -0.15) is 0 Å². The molecule has 0 bridgehead atoms. The fraction of sp³-hybridized carbons (Fsp3) is 0.556. The van der Waals surface area contributed by atoms with Crippen LogP contribution >= 0.6 is 0 Å². The molecule has 0 saturated heterocycles. The Balaban J connectivity index is 2.59. The summed E-state index contributed by atoms with van der Waals surface area (Å²) in [7, 11) is 0. The molecular formula is C9H15N3O2. The van der Waals surface area contributed by atoms with E-state index in [1.54, 1.807) is 0 Å². The minimum Gasteiger partial charge on any atom is -0.363 e. The Labute approximate surface area is 82.6 Å². The standard InChI is InChI=1S/C9H15N3O2/c1-9(2,3)7(10)8(13)12-6-4-11-14-5-6/h4-5,7H,10H2,1-3H3,(H,12,13)/t7-/m1/s1. The van der Waals surface area contributed by atoms with Gasteiger partial charge in [0.1, 0.15) is 12.0 Å². The lowest BCUT2D eigenvalue weighted by Gasteiger charge is -2.25. The molecule has 0 aliphatic rings. The zero-order valence-corrected chi connectivity index (χ0v) is 8.57. The van der Waals surface area contributed by atoms with E-state index >= 15 is 0 Å². The van der Waals surface area contributed by atoms with Gasteiger partial charge in [0, 0.05) is 0 Å². The van der Waals surface area contributed by atoms with Crippen LogP contribution in [-0.2, 0) is 4.79 Å². The Hall–Kier alpha value is -1.36. The molecule has 0 aliphatic carbocycles. The van der Waals surface area contributed by atoms with Crippen molar-refractivity contribution in [2.75, 3.05) is 5.32 Å². The largest absolute Gasteiger partial charge is 0.363 e. The first kappa shape index (κ1) is 10.7. The van der Waals surface area contributed by atoms with Gasteiger partial charge in [-0.25, -0.2) is 0 Å². The molecule has 0 fully saturated rings. The van der Waals surface area contributed by atoms with E-state index in [1.807, 2.05) is 20.8 Å². The number of aromatic nitrogens is 1. The molecule has 0 unspecified atom stereocenters. The van der Waals surface area contributed by atoms with Crippen molar-refractivity contribution in [2.24, 2.45) is 11.1 Å². The average Bonchev–Trinajstić information content (AvgIpc) is 2.53. The molecule has 5 nitrogen and oxygen atoms in total. The number of nitrogens with one attached hydrogen (secondary N) is 1. The highest BCUT2D eigenvalue weighted by atomic mass is 16.5. The highest BCUT2D eigenvalue weighted by Crippen LogP contribution is 2.18. The van der Waals surface area contributed by atoms with E-state index in [4.69, 9.17) is 5.73 Å². The molecule has 1 rings (SSSR count). The molecule has 14 heavy (non-hydrogen) atoms. The smallest absolute Gasteiger partial charge is 0.241 e. The molecule has 0 spiro atoms. The third kappa shape index (κ3) is 2.56. The number of hydrogen-bond acceptors (Lipinski definition) is 4. The predicted octanol–water partition coefficient (Wildman–Crippen LogP) is 0.986. The molecule has 3 N–H and O–H groups in total. The predicted molar refractivity (Wildman–Crippen MR) is 52.6 cm³/mol. The summed E-state index contributed by atoms with van der Waals surface area (Å²) in [5.74, 6) is -0.235. The number of amides is 1. The van der Waals surface area contributed by atoms with Crippen molar-refractivity contribution in [1.29, 1.82) is 0 Å². The van der Waals surface area contributed by atoms with Crippen LogP contribution in [0.15, 0.2) is 17.0 Å². The second-order valence-corrected chi connectivity index (χ2v) is 4.25. The fourth-order valence-electron chi connectivity index (χ4n) is 0.880. The van der Waals surface area contributed by atoms with E-state index in [0.717, 1.165) is 0 Å². The Morgan fingerprint density at radius 3 is 2.71 bits per heavy atom. The Morgan fingerprint density at radius 1 is 1.64 bits per heavy atom. The molecule has 5 heteroatoms. The van der Waals surface area contributed by atoms with Crippen LogP contribution in [0, 0.1) is 5.41 Å². The van der Waals surface area contributed by atoms with E-state index in [2.05, 4.69) is 15.0 Å². The summed E-state index contributed by atoms with van der Waals surface area (Å²) in [6, 6.07) is -0.558. The van der Waals surface area contributed by atoms with Crippen molar-refractivity contribution in [1.82, 2.24) is 5.16 Å². The highest BCUT2D eigenvalue weighted by molar-refractivity contribution is 5.94. The SMILES string of the molecule is CC(C)(C)[C@H](N)C(=O)Nc1cnoc1. The maximum atomic E-state index is 11.6. The van der Waals surface area contributed by atoms with Crippen molar-refractivity contribution in [3.05, 3.63) is 12.5 Å². The molecule has 0 aliphatic heterocycles. The first-order valence-corrected chi connectivity index (χ1v) is 4.37. The first-order valence-electron chi connectivity index (χ1n) is 4.37. The van der Waals surface area contributed by atoms with Crippen LogP contribution in [0.25, 0.3) is 0 Å². The second kappa shape index (κ2) is 3.79. The Bertz CT molecular complexity index is 300. The summed E-state index contributed by atoms with van der Waals surface area (Å²) in [5, 5.41) is 6.07. The van der Waals surface area contributed by atoms with Gasteiger partial charge in [0.05, 0.1) is 12.2 Å². The van der Waals surface area contributed by atoms with Gasteiger partial charge in [-0.1, -0.05) is 25.9 Å². The minimum atomic E-state index is -0.558. The summed E-state index contributed by atoms with van der Waals surface area (Å²) in [6.45, 7) is 5.72. The average molecular weight is 197 g/mol. The van der Waals surface area contributed by atoms with Crippen LogP contribution in [0.5, 0.6) is 0 Å². The maximum absolute atomic E-state index is 11.6. The number of rotatable bonds is 2. The number of hydrogen-bond donors (Lipinski definition) is 2. The van der Waals surface area contributed by atoms with Crippen LogP contribution in [0.2, 0.25) is 0 Å². The van der Waals surface area contributed by atoms with Gasteiger partial charge in [-0.05, 0) is 5.41 Å². The van der Waals surface area contributed by atoms with Crippen LogP contribution in [0.1, 0.15) is 20.8 Å². The number of carbonyl (C=O) groups excluding carboxylic acids is 1. The number of nitrogens with two attached hydrogens (primary N) is 1. The van der Waals surface area contributed by atoms with Crippen molar-refractivity contribution >= 4 is 11.6 Å². The van der Waals surface area contributed by atoms with Gasteiger partial charge in [0.15, 0.2) is 0 Å². The third-order valence-corrected chi connectivity index (χ3v) is 1.92. The third-order valence-electron chi connectivity index (χ3n) is 1.92. The number of nitrogens with zero attached hydrogens (tertiary/aromatic N) is 1. The molecular weight excluding hydrogens is 182 g/mol. The van der Waals surface area contributed by atoms with Crippen LogP contribution in [-0.4, -0.2) is 17.1 Å². The molecule has 1 aromatic heterocycles. The lowest BCUT2D eigenvalue weighted by Crippen LogP contribution is -2.45. The first-order chi connectivity index (χ1) is 6.41. The van der Waals surface area contributed by atoms with E-state index < -0.39 is 6.04 Å². The van der Waals surface area contributed by atoms with E-state index in [1.165, 1.54) is 12.5 Å². The lowest BCUT2D eigenvalue weighted by molar-refractivity contribution is -0.119. The maximum Gasteiger partial charge on any atom is 0.241 e. The molecule has 0 aromatic carbocycles. The highest BCUT2D eigenvalue weighted by Gasteiger charge is 2.27. The quantitative estimate of drug-likeness (QED) is 0.740. The van der Waals surface area contributed by atoms with Gasteiger partial charge in [-0.3, -0.25) is 4.79 Å². The molecule has 1 amide bonds. The summed E-state index contributed by atoms with van der Waals surface area (Å²) in [6.07, 6.45) is 2.78. The minimum absolute atomic E-state index is 0.235. The monoisotopic (exact) mass is 197 g/mol. The Morgan fingerprint density at radius 2 is 2.29 bits per heavy atom. The normalized spacial score (nSPS) is 13.7. The summed E-state index contributed by atoms with van der Waals surface area (Å²) >= 11 is 0. The number of anilines is 1. The van der Waals surface area contributed by atoms with Gasteiger partial charge >= 0.3 is 0 Å².